The first kappa shape index (κ1) is 21.2. The van der Waals surface area contributed by atoms with Crippen molar-refractivity contribution < 1.29 is 29.6 Å². The van der Waals surface area contributed by atoms with Gasteiger partial charge in [0.2, 0.25) is 0 Å². The summed E-state index contributed by atoms with van der Waals surface area (Å²) in [7, 11) is 1.59. The molecule has 0 amide bonds. The van der Waals surface area contributed by atoms with E-state index in [4.69, 9.17) is 9.47 Å². The van der Waals surface area contributed by atoms with Gasteiger partial charge in [-0.25, -0.2) is 0 Å². The largest absolute Gasteiger partial charge is 0.393 e. The number of carbonyl (C=O) groups is 1. The van der Waals surface area contributed by atoms with E-state index in [1.165, 1.54) is 0 Å². The highest BCUT2D eigenvalue weighted by Crippen LogP contribution is 2.44. The molecule has 2 saturated carbocycles. The molecular weight excluding hydrogens is 348 g/mol. The number of rotatable bonds is 5. The lowest BCUT2D eigenvalue weighted by atomic mass is 9.68. The summed E-state index contributed by atoms with van der Waals surface area (Å²) >= 11 is 0. The molecule has 3 aliphatic rings. The van der Waals surface area contributed by atoms with E-state index in [1.54, 1.807) is 7.11 Å². The third-order valence-electron chi connectivity index (χ3n) is 7.19. The Kier molecular flexibility index (Phi) is 6.63. The maximum Gasteiger partial charge on any atom is 0.141 e. The first-order chi connectivity index (χ1) is 12.7. The Balaban J connectivity index is 1.62. The molecule has 0 aromatic rings. The number of ether oxygens (including phenoxy) is 2. The molecule has 0 aromatic heterocycles. The van der Waals surface area contributed by atoms with Crippen LogP contribution in [0.3, 0.4) is 0 Å². The molecule has 6 heteroatoms. The average Bonchev–Trinajstić information content (AvgIpc) is 2.62. The second-order valence-electron chi connectivity index (χ2n) is 9.38. The summed E-state index contributed by atoms with van der Waals surface area (Å²) in [5, 5.41) is 31.0. The van der Waals surface area contributed by atoms with E-state index in [1.807, 2.05) is 13.8 Å². The average molecular weight is 385 g/mol. The van der Waals surface area contributed by atoms with Crippen LogP contribution in [0.25, 0.3) is 0 Å². The second kappa shape index (κ2) is 8.46. The van der Waals surface area contributed by atoms with Gasteiger partial charge in [-0.3, -0.25) is 4.79 Å². The molecule has 0 radical (unpaired) electrons. The molecule has 0 spiro atoms. The maximum atomic E-state index is 13.0. The number of ketones is 1. The van der Waals surface area contributed by atoms with Crippen LogP contribution >= 0.6 is 0 Å². The maximum absolute atomic E-state index is 13.0. The fraction of sp³-hybridized carbons (Fsp3) is 0.952. The molecule has 156 valence electrons. The van der Waals surface area contributed by atoms with Crippen molar-refractivity contribution in [2.45, 2.75) is 101 Å². The molecule has 1 heterocycles. The number of aliphatic hydroxyl groups excluding tert-OH is 3. The van der Waals surface area contributed by atoms with Gasteiger partial charge < -0.3 is 24.8 Å². The highest BCUT2D eigenvalue weighted by Gasteiger charge is 2.53. The summed E-state index contributed by atoms with van der Waals surface area (Å²) in [6.07, 6.45) is 3.59. The number of fused-ring (bicyclic) bond motifs is 1. The molecule has 0 aromatic carbocycles. The molecule has 0 bridgehead atoms. The highest BCUT2D eigenvalue weighted by molar-refractivity contribution is 5.82. The number of methoxy groups -OCH3 is 1. The van der Waals surface area contributed by atoms with Crippen molar-refractivity contribution in [3.8, 4) is 0 Å². The monoisotopic (exact) mass is 384 g/mol. The minimum absolute atomic E-state index is 0.0539. The molecule has 2 aliphatic carbocycles. The molecule has 27 heavy (non-hydrogen) atoms. The van der Waals surface area contributed by atoms with Crippen molar-refractivity contribution in [3.63, 3.8) is 0 Å². The van der Waals surface area contributed by atoms with E-state index in [-0.39, 0.29) is 30.0 Å². The zero-order valence-corrected chi connectivity index (χ0v) is 16.8. The minimum atomic E-state index is -0.847. The standard InChI is InChI=1S/C21H36O6/c1-21(2)18(24)10-14-16(27-21)11-17(26-3)19(20(14)25)15(23)9-6-12-4-7-13(22)8-5-12/h12-14,16-20,22,24-25H,4-11H2,1-3H3. The molecule has 1 saturated heterocycles. The van der Waals surface area contributed by atoms with Crippen LogP contribution in [-0.4, -0.2) is 64.3 Å². The summed E-state index contributed by atoms with van der Waals surface area (Å²) in [6.45, 7) is 3.72. The van der Waals surface area contributed by atoms with Crippen LogP contribution in [-0.2, 0) is 14.3 Å². The van der Waals surface area contributed by atoms with E-state index in [9.17, 15) is 20.1 Å². The van der Waals surface area contributed by atoms with Crippen LogP contribution in [0.2, 0.25) is 0 Å². The summed E-state index contributed by atoms with van der Waals surface area (Å²) in [6, 6.07) is 0. The first-order valence-electron chi connectivity index (χ1n) is 10.5. The fourth-order valence-corrected chi connectivity index (χ4v) is 5.28. The van der Waals surface area contributed by atoms with Gasteiger partial charge in [0, 0.05) is 25.9 Å². The van der Waals surface area contributed by atoms with Gasteiger partial charge >= 0.3 is 0 Å². The Labute approximate surface area is 162 Å². The minimum Gasteiger partial charge on any atom is -0.393 e. The summed E-state index contributed by atoms with van der Waals surface area (Å²) in [5.41, 5.74) is -0.651. The van der Waals surface area contributed by atoms with Gasteiger partial charge in [-0.05, 0) is 58.3 Å². The zero-order valence-electron chi connectivity index (χ0n) is 16.8. The molecule has 6 unspecified atom stereocenters. The number of hydrogen-bond acceptors (Lipinski definition) is 6. The Morgan fingerprint density at radius 1 is 1.11 bits per heavy atom. The Morgan fingerprint density at radius 3 is 2.41 bits per heavy atom. The smallest absolute Gasteiger partial charge is 0.141 e. The quantitative estimate of drug-likeness (QED) is 0.669. The third-order valence-corrected chi connectivity index (χ3v) is 7.19. The van der Waals surface area contributed by atoms with Crippen molar-refractivity contribution in [2.24, 2.45) is 17.8 Å². The number of carbonyl (C=O) groups excluding carboxylic acids is 1. The van der Waals surface area contributed by atoms with Gasteiger partial charge in [-0.15, -0.1) is 0 Å². The lowest BCUT2D eigenvalue weighted by Gasteiger charge is -2.51. The van der Waals surface area contributed by atoms with Crippen LogP contribution in [0.4, 0.5) is 0 Å². The number of aliphatic hydroxyl groups is 3. The van der Waals surface area contributed by atoms with Crippen molar-refractivity contribution in [2.75, 3.05) is 7.11 Å². The molecule has 3 rings (SSSR count). The highest BCUT2D eigenvalue weighted by atomic mass is 16.5. The van der Waals surface area contributed by atoms with Gasteiger partial charge in [-0.1, -0.05) is 0 Å². The Morgan fingerprint density at radius 2 is 1.78 bits per heavy atom. The summed E-state index contributed by atoms with van der Waals surface area (Å²) in [4.78, 5) is 13.0. The molecule has 3 fully saturated rings. The van der Waals surface area contributed by atoms with Gasteiger partial charge in [0.15, 0.2) is 0 Å². The van der Waals surface area contributed by atoms with Crippen LogP contribution < -0.4 is 0 Å². The second-order valence-corrected chi connectivity index (χ2v) is 9.38. The lowest BCUT2D eigenvalue weighted by Crippen LogP contribution is -2.61. The third kappa shape index (κ3) is 4.56. The zero-order chi connectivity index (χ0) is 19.8. The molecule has 1 aliphatic heterocycles. The predicted molar refractivity (Wildman–Crippen MR) is 100 cm³/mol. The van der Waals surface area contributed by atoms with Crippen LogP contribution in [0.5, 0.6) is 0 Å². The molecule has 3 N–H and O–H groups in total. The molecular formula is C21H36O6. The van der Waals surface area contributed by atoms with Crippen molar-refractivity contribution in [1.29, 1.82) is 0 Å². The summed E-state index contributed by atoms with van der Waals surface area (Å²) in [5.74, 6) is -0.258. The first-order valence-corrected chi connectivity index (χ1v) is 10.5. The van der Waals surface area contributed by atoms with E-state index < -0.39 is 23.7 Å². The lowest BCUT2D eigenvalue weighted by molar-refractivity contribution is -0.241. The van der Waals surface area contributed by atoms with Crippen molar-refractivity contribution in [1.82, 2.24) is 0 Å². The fourth-order valence-electron chi connectivity index (χ4n) is 5.28. The Bertz CT molecular complexity index is 513. The topological polar surface area (TPSA) is 96.2 Å². The van der Waals surface area contributed by atoms with Crippen LogP contribution in [0, 0.1) is 17.8 Å². The van der Waals surface area contributed by atoms with E-state index in [2.05, 4.69) is 0 Å². The SMILES string of the molecule is COC1CC2OC(C)(C)C(O)CC2C(O)C1C(=O)CCC1CCC(O)CC1. The van der Waals surface area contributed by atoms with Crippen LogP contribution in [0.15, 0.2) is 0 Å². The van der Waals surface area contributed by atoms with E-state index in [0.717, 1.165) is 32.1 Å². The predicted octanol–water partition coefficient (Wildman–Crippen LogP) is 1.83. The van der Waals surface area contributed by atoms with E-state index >= 15 is 0 Å². The number of Topliss-reactive ketones (excluding diaryl/α,β-unsaturated/α-hetero) is 1. The molecule has 6 nitrogen and oxygen atoms in total. The normalized spacial score (nSPS) is 44.5. The molecule has 6 atom stereocenters. The van der Waals surface area contributed by atoms with Gasteiger partial charge in [0.05, 0.1) is 42.0 Å². The Hall–Kier alpha value is -0.530. The van der Waals surface area contributed by atoms with Crippen molar-refractivity contribution >= 4 is 5.78 Å². The van der Waals surface area contributed by atoms with Crippen molar-refractivity contribution in [3.05, 3.63) is 0 Å². The number of hydrogen-bond donors (Lipinski definition) is 3. The van der Waals surface area contributed by atoms with Crippen LogP contribution in [0.1, 0.15) is 65.2 Å². The summed E-state index contributed by atoms with van der Waals surface area (Å²) < 4.78 is 11.6. The van der Waals surface area contributed by atoms with E-state index in [0.29, 0.717) is 25.2 Å². The van der Waals surface area contributed by atoms with Gasteiger partial charge in [0.25, 0.3) is 0 Å². The van der Waals surface area contributed by atoms with Gasteiger partial charge in [-0.2, -0.15) is 0 Å². The van der Waals surface area contributed by atoms with Gasteiger partial charge in [0.1, 0.15) is 5.78 Å².